The first-order valence-electron chi connectivity index (χ1n) is 4.75. The van der Waals surface area contributed by atoms with E-state index < -0.39 is 17.4 Å². The van der Waals surface area contributed by atoms with E-state index in [1.54, 1.807) is 0 Å². The lowest BCUT2D eigenvalue weighted by Crippen LogP contribution is -2.40. The third kappa shape index (κ3) is 3.03. The Labute approximate surface area is 97.5 Å². The SMILES string of the molecule is CC(C)(C)C(Nc1ncc(C=O)s1)C(=O)O. The number of anilines is 1. The standard InChI is InChI=1S/C10H14N2O3S/c1-10(2,3)7(8(14)15)12-9-11-4-6(5-13)16-9/h4-5,7H,1-3H3,(H,11,12)(H,14,15). The first kappa shape index (κ1) is 12.6. The van der Waals surface area contributed by atoms with E-state index in [9.17, 15) is 9.59 Å². The van der Waals surface area contributed by atoms with Gasteiger partial charge in [0.1, 0.15) is 6.04 Å². The Balaban J connectivity index is 2.84. The summed E-state index contributed by atoms with van der Waals surface area (Å²) in [5, 5.41) is 12.3. The van der Waals surface area contributed by atoms with Crippen molar-refractivity contribution in [2.45, 2.75) is 26.8 Å². The zero-order valence-electron chi connectivity index (χ0n) is 9.35. The molecule has 1 aromatic heterocycles. The zero-order valence-corrected chi connectivity index (χ0v) is 10.2. The van der Waals surface area contributed by atoms with Crippen LogP contribution in [-0.2, 0) is 4.79 Å². The number of aliphatic carboxylic acids is 1. The van der Waals surface area contributed by atoms with Gasteiger partial charge in [-0.1, -0.05) is 32.1 Å². The fourth-order valence-electron chi connectivity index (χ4n) is 1.18. The third-order valence-corrected chi connectivity index (χ3v) is 2.87. The quantitative estimate of drug-likeness (QED) is 0.788. The van der Waals surface area contributed by atoms with E-state index in [1.165, 1.54) is 6.20 Å². The summed E-state index contributed by atoms with van der Waals surface area (Å²) in [5.74, 6) is -0.935. The Morgan fingerprint density at radius 1 is 1.62 bits per heavy atom. The minimum Gasteiger partial charge on any atom is -0.480 e. The van der Waals surface area contributed by atoms with Crippen molar-refractivity contribution in [2.75, 3.05) is 5.32 Å². The number of hydrogen-bond acceptors (Lipinski definition) is 5. The average molecular weight is 242 g/mol. The smallest absolute Gasteiger partial charge is 0.326 e. The molecule has 0 bridgehead atoms. The number of rotatable bonds is 4. The number of carboxylic acid groups (broad SMARTS) is 1. The van der Waals surface area contributed by atoms with Crippen molar-refractivity contribution in [1.82, 2.24) is 4.98 Å². The topological polar surface area (TPSA) is 79.3 Å². The van der Waals surface area contributed by atoms with Gasteiger partial charge in [0.2, 0.25) is 0 Å². The van der Waals surface area contributed by atoms with Crippen LogP contribution in [-0.4, -0.2) is 28.4 Å². The highest BCUT2D eigenvalue weighted by Crippen LogP contribution is 2.25. The second-order valence-corrected chi connectivity index (χ2v) is 5.53. The number of hydrogen-bond donors (Lipinski definition) is 2. The van der Waals surface area contributed by atoms with Gasteiger partial charge in [-0.2, -0.15) is 0 Å². The van der Waals surface area contributed by atoms with Crippen molar-refractivity contribution in [3.05, 3.63) is 11.1 Å². The molecule has 1 atom stereocenters. The number of nitrogens with zero attached hydrogens (tertiary/aromatic N) is 1. The van der Waals surface area contributed by atoms with Gasteiger partial charge in [-0.15, -0.1) is 0 Å². The molecule has 1 aromatic rings. The number of carboxylic acids is 1. The lowest BCUT2D eigenvalue weighted by molar-refractivity contribution is -0.140. The van der Waals surface area contributed by atoms with Crippen LogP contribution in [0.4, 0.5) is 5.13 Å². The molecule has 0 aliphatic carbocycles. The third-order valence-electron chi connectivity index (χ3n) is 2.02. The molecule has 6 heteroatoms. The summed E-state index contributed by atoms with van der Waals surface area (Å²) in [6.45, 7) is 5.48. The average Bonchev–Trinajstić information content (AvgIpc) is 2.59. The number of aldehydes is 1. The molecule has 0 fully saturated rings. The van der Waals surface area contributed by atoms with Gasteiger partial charge >= 0.3 is 5.97 Å². The molecule has 1 unspecified atom stereocenters. The van der Waals surface area contributed by atoms with E-state index in [4.69, 9.17) is 5.11 Å². The number of carbonyl (C=O) groups excluding carboxylic acids is 1. The summed E-state index contributed by atoms with van der Waals surface area (Å²) >= 11 is 1.14. The largest absolute Gasteiger partial charge is 0.480 e. The van der Waals surface area contributed by atoms with Crippen molar-refractivity contribution in [2.24, 2.45) is 5.41 Å². The first-order valence-corrected chi connectivity index (χ1v) is 5.56. The van der Waals surface area contributed by atoms with Gasteiger partial charge in [-0.25, -0.2) is 9.78 Å². The van der Waals surface area contributed by atoms with Crippen LogP contribution in [0.2, 0.25) is 0 Å². The van der Waals surface area contributed by atoms with E-state index in [2.05, 4.69) is 10.3 Å². The molecule has 0 saturated carbocycles. The van der Waals surface area contributed by atoms with E-state index >= 15 is 0 Å². The zero-order chi connectivity index (χ0) is 12.3. The molecule has 0 amide bonds. The fraction of sp³-hybridized carbons (Fsp3) is 0.500. The number of aromatic nitrogens is 1. The van der Waals surface area contributed by atoms with E-state index in [-0.39, 0.29) is 0 Å². The normalized spacial score (nSPS) is 13.2. The van der Waals surface area contributed by atoms with Crippen molar-refractivity contribution >= 4 is 28.7 Å². The number of nitrogens with one attached hydrogen (secondary N) is 1. The van der Waals surface area contributed by atoms with Crippen LogP contribution in [0.25, 0.3) is 0 Å². The Hall–Kier alpha value is -1.43. The Bertz CT molecular complexity index is 395. The molecule has 1 heterocycles. The molecular weight excluding hydrogens is 228 g/mol. The van der Waals surface area contributed by atoms with Gasteiger partial charge in [0, 0.05) is 0 Å². The predicted octanol–water partition coefficient (Wildman–Crippen LogP) is 1.87. The van der Waals surface area contributed by atoms with Crippen LogP contribution in [0.5, 0.6) is 0 Å². The Kier molecular flexibility index (Phi) is 3.64. The summed E-state index contributed by atoms with van der Waals surface area (Å²) in [5.41, 5.74) is -0.432. The monoisotopic (exact) mass is 242 g/mol. The Morgan fingerprint density at radius 3 is 2.62 bits per heavy atom. The molecule has 5 nitrogen and oxygen atoms in total. The van der Waals surface area contributed by atoms with Crippen molar-refractivity contribution in [3.8, 4) is 0 Å². The van der Waals surface area contributed by atoms with Crippen LogP contribution in [0.3, 0.4) is 0 Å². The van der Waals surface area contributed by atoms with E-state index in [0.29, 0.717) is 16.3 Å². The lowest BCUT2D eigenvalue weighted by Gasteiger charge is -2.27. The Morgan fingerprint density at radius 2 is 2.25 bits per heavy atom. The highest BCUT2D eigenvalue weighted by molar-refractivity contribution is 7.17. The van der Waals surface area contributed by atoms with E-state index in [1.807, 2.05) is 20.8 Å². The molecule has 0 saturated heterocycles. The first-order chi connectivity index (χ1) is 7.34. The summed E-state index contributed by atoms with van der Waals surface area (Å²) in [6.07, 6.45) is 2.11. The second-order valence-electron chi connectivity index (χ2n) is 4.47. The molecule has 0 aliphatic rings. The molecule has 88 valence electrons. The van der Waals surface area contributed by atoms with E-state index in [0.717, 1.165) is 11.3 Å². The van der Waals surface area contributed by atoms with Gasteiger partial charge in [0.15, 0.2) is 11.4 Å². The summed E-state index contributed by atoms with van der Waals surface area (Å²) in [7, 11) is 0. The summed E-state index contributed by atoms with van der Waals surface area (Å²) in [6, 6.07) is -0.738. The molecule has 16 heavy (non-hydrogen) atoms. The molecule has 2 N–H and O–H groups in total. The van der Waals surface area contributed by atoms with Crippen LogP contribution >= 0.6 is 11.3 Å². The second kappa shape index (κ2) is 4.61. The molecule has 0 radical (unpaired) electrons. The minimum absolute atomic E-state index is 0.432. The predicted molar refractivity (Wildman–Crippen MR) is 62.0 cm³/mol. The van der Waals surface area contributed by atoms with Crippen LogP contribution < -0.4 is 5.32 Å². The summed E-state index contributed by atoms with van der Waals surface area (Å²) in [4.78, 5) is 25.9. The van der Waals surface area contributed by atoms with Crippen molar-refractivity contribution < 1.29 is 14.7 Å². The van der Waals surface area contributed by atoms with Crippen molar-refractivity contribution in [1.29, 1.82) is 0 Å². The molecule has 1 rings (SSSR count). The summed E-state index contributed by atoms with van der Waals surface area (Å²) < 4.78 is 0. The van der Waals surface area contributed by atoms with Gasteiger partial charge in [-0.05, 0) is 5.41 Å². The van der Waals surface area contributed by atoms with Crippen molar-refractivity contribution in [3.63, 3.8) is 0 Å². The molecular formula is C10H14N2O3S. The highest BCUT2D eigenvalue weighted by Gasteiger charge is 2.31. The number of carbonyl (C=O) groups is 2. The maximum atomic E-state index is 11.1. The van der Waals surface area contributed by atoms with Gasteiger partial charge < -0.3 is 10.4 Å². The van der Waals surface area contributed by atoms with Crippen LogP contribution in [0.15, 0.2) is 6.20 Å². The maximum absolute atomic E-state index is 11.1. The highest BCUT2D eigenvalue weighted by atomic mass is 32.1. The van der Waals surface area contributed by atoms with Gasteiger partial charge in [-0.3, -0.25) is 4.79 Å². The molecule has 0 aliphatic heterocycles. The maximum Gasteiger partial charge on any atom is 0.326 e. The van der Waals surface area contributed by atoms with Crippen LogP contribution in [0.1, 0.15) is 30.4 Å². The van der Waals surface area contributed by atoms with Crippen LogP contribution in [0, 0.1) is 5.41 Å². The lowest BCUT2D eigenvalue weighted by atomic mass is 9.87. The molecule has 0 spiro atoms. The molecule has 0 aromatic carbocycles. The minimum atomic E-state index is -0.935. The van der Waals surface area contributed by atoms with Gasteiger partial charge in [0.25, 0.3) is 0 Å². The van der Waals surface area contributed by atoms with Gasteiger partial charge in [0.05, 0.1) is 11.1 Å². The fourth-order valence-corrected chi connectivity index (χ4v) is 1.84. The number of thiazole rings is 1.